The highest BCUT2D eigenvalue weighted by atomic mass is 32.2. The van der Waals surface area contributed by atoms with Gasteiger partial charge in [0.25, 0.3) is 0 Å². The molecule has 0 saturated carbocycles. The van der Waals surface area contributed by atoms with E-state index in [1.807, 2.05) is 20.8 Å². The maximum absolute atomic E-state index is 11.5. The van der Waals surface area contributed by atoms with Crippen molar-refractivity contribution >= 4 is 10.0 Å². The third-order valence-electron chi connectivity index (χ3n) is 2.47. The molecule has 0 radical (unpaired) electrons. The SMILES string of the molecule is CC[C@H](C)CS(=O)(=O)NCC[C@H](O)CC. The molecule has 0 aliphatic heterocycles. The molecule has 0 bridgehead atoms. The van der Waals surface area contributed by atoms with Crippen LogP contribution in [0.1, 0.15) is 40.0 Å². The van der Waals surface area contributed by atoms with Crippen LogP contribution in [0.25, 0.3) is 0 Å². The van der Waals surface area contributed by atoms with Crippen molar-refractivity contribution < 1.29 is 13.5 Å². The van der Waals surface area contributed by atoms with Crippen molar-refractivity contribution in [3.63, 3.8) is 0 Å². The molecule has 15 heavy (non-hydrogen) atoms. The average molecular weight is 237 g/mol. The molecule has 2 N–H and O–H groups in total. The van der Waals surface area contributed by atoms with Gasteiger partial charge >= 0.3 is 0 Å². The maximum atomic E-state index is 11.5. The summed E-state index contributed by atoms with van der Waals surface area (Å²) in [7, 11) is -3.16. The fourth-order valence-corrected chi connectivity index (χ4v) is 2.67. The fraction of sp³-hybridized carbons (Fsp3) is 1.00. The lowest BCUT2D eigenvalue weighted by Crippen LogP contribution is -2.31. The molecule has 0 aromatic carbocycles. The first-order chi connectivity index (χ1) is 6.91. The monoisotopic (exact) mass is 237 g/mol. The van der Waals surface area contributed by atoms with E-state index in [9.17, 15) is 13.5 Å². The topological polar surface area (TPSA) is 66.4 Å². The van der Waals surface area contributed by atoms with Crippen LogP contribution < -0.4 is 4.72 Å². The van der Waals surface area contributed by atoms with E-state index in [0.717, 1.165) is 6.42 Å². The first-order valence-corrected chi connectivity index (χ1v) is 7.21. The van der Waals surface area contributed by atoms with Gasteiger partial charge in [0.1, 0.15) is 0 Å². The molecule has 0 unspecified atom stereocenters. The highest BCUT2D eigenvalue weighted by Crippen LogP contribution is 2.04. The molecular weight excluding hydrogens is 214 g/mol. The minimum Gasteiger partial charge on any atom is -0.393 e. The number of sulfonamides is 1. The predicted molar refractivity (Wildman–Crippen MR) is 62.2 cm³/mol. The molecule has 0 aliphatic rings. The maximum Gasteiger partial charge on any atom is 0.211 e. The second-order valence-electron chi connectivity index (χ2n) is 4.04. The van der Waals surface area contributed by atoms with Crippen LogP contribution in [0.3, 0.4) is 0 Å². The van der Waals surface area contributed by atoms with Gasteiger partial charge in [-0.3, -0.25) is 0 Å². The fourth-order valence-electron chi connectivity index (χ4n) is 1.14. The van der Waals surface area contributed by atoms with Crippen LogP contribution in [0.2, 0.25) is 0 Å². The molecule has 0 aromatic heterocycles. The number of nitrogens with one attached hydrogen (secondary N) is 1. The van der Waals surface area contributed by atoms with Gasteiger partial charge in [-0.2, -0.15) is 0 Å². The summed E-state index contributed by atoms with van der Waals surface area (Å²) in [4.78, 5) is 0. The van der Waals surface area contributed by atoms with Crippen molar-refractivity contribution in [3.8, 4) is 0 Å². The zero-order valence-corrected chi connectivity index (χ0v) is 10.7. The summed E-state index contributed by atoms with van der Waals surface area (Å²) < 4.78 is 25.5. The van der Waals surface area contributed by atoms with E-state index < -0.39 is 16.1 Å². The molecule has 4 nitrogen and oxygen atoms in total. The standard InChI is InChI=1S/C10H23NO3S/c1-4-9(3)8-15(13,14)11-7-6-10(12)5-2/h9-12H,4-8H2,1-3H3/t9-,10+/m0/s1. The Balaban J connectivity index is 3.85. The van der Waals surface area contributed by atoms with E-state index in [0.29, 0.717) is 19.4 Å². The lowest BCUT2D eigenvalue weighted by molar-refractivity contribution is 0.162. The van der Waals surface area contributed by atoms with E-state index in [-0.39, 0.29) is 11.7 Å². The Kier molecular flexibility index (Phi) is 7.13. The van der Waals surface area contributed by atoms with Crippen molar-refractivity contribution in [2.75, 3.05) is 12.3 Å². The van der Waals surface area contributed by atoms with Gasteiger partial charge in [-0.25, -0.2) is 13.1 Å². The van der Waals surface area contributed by atoms with Crippen molar-refractivity contribution in [2.45, 2.75) is 46.1 Å². The largest absolute Gasteiger partial charge is 0.393 e. The Labute approximate surface area is 93.1 Å². The Morgan fingerprint density at radius 2 is 1.87 bits per heavy atom. The molecule has 0 heterocycles. The van der Waals surface area contributed by atoms with E-state index >= 15 is 0 Å². The molecule has 92 valence electrons. The summed E-state index contributed by atoms with van der Waals surface area (Å²) in [5.41, 5.74) is 0. The molecule has 0 amide bonds. The Morgan fingerprint density at radius 1 is 1.27 bits per heavy atom. The third kappa shape index (κ3) is 7.76. The van der Waals surface area contributed by atoms with Gasteiger partial charge in [-0.05, 0) is 18.8 Å². The number of aliphatic hydroxyl groups excluding tert-OH is 1. The molecule has 0 fully saturated rings. The van der Waals surface area contributed by atoms with Crippen molar-refractivity contribution in [1.29, 1.82) is 0 Å². The van der Waals surface area contributed by atoms with Crippen LogP contribution >= 0.6 is 0 Å². The zero-order chi connectivity index (χ0) is 11.9. The summed E-state index contributed by atoms with van der Waals surface area (Å²) in [6.45, 7) is 6.09. The number of rotatable bonds is 8. The summed E-state index contributed by atoms with van der Waals surface area (Å²) in [6.07, 6.45) is 1.60. The van der Waals surface area contributed by atoms with Crippen LogP contribution in [0.15, 0.2) is 0 Å². The van der Waals surface area contributed by atoms with E-state index in [2.05, 4.69) is 4.72 Å². The quantitative estimate of drug-likeness (QED) is 0.664. The summed E-state index contributed by atoms with van der Waals surface area (Å²) in [6, 6.07) is 0. The minimum atomic E-state index is -3.16. The molecule has 0 spiro atoms. The predicted octanol–water partition coefficient (Wildman–Crippen LogP) is 1.11. The van der Waals surface area contributed by atoms with E-state index in [1.54, 1.807) is 0 Å². The molecule has 0 rings (SSSR count). The lowest BCUT2D eigenvalue weighted by Gasteiger charge is -2.12. The van der Waals surface area contributed by atoms with Crippen LogP contribution in [-0.2, 0) is 10.0 Å². The zero-order valence-electron chi connectivity index (χ0n) is 9.86. The summed E-state index contributed by atoms with van der Waals surface area (Å²) in [5, 5.41) is 9.25. The minimum absolute atomic E-state index is 0.172. The molecule has 0 saturated heterocycles. The second kappa shape index (κ2) is 7.19. The molecule has 5 heteroatoms. The Morgan fingerprint density at radius 3 is 2.33 bits per heavy atom. The average Bonchev–Trinajstić information content (AvgIpc) is 2.16. The van der Waals surface area contributed by atoms with Crippen molar-refractivity contribution in [2.24, 2.45) is 5.92 Å². The van der Waals surface area contributed by atoms with Crippen LogP contribution in [0, 0.1) is 5.92 Å². The molecule has 2 atom stereocenters. The first-order valence-electron chi connectivity index (χ1n) is 5.56. The van der Waals surface area contributed by atoms with E-state index in [4.69, 9.17) is 0 Å². The Hall–Kier alpha value is -0.130. The number of hydrogen-bond acceptors (Lipinski definition) is 3. The van der Waals surface area contributed by atoms with Gasteiger partial charge in [-0.15, -0.1) is 0 Å². The highest BCUT2D eigenvalue weighted by Gasteiger charge is 2.14. The Bertz CT molecular complexity index is 251. The van der Waals surface area contributed by atoms with Gasteiger partial charge in [0.15, 0.2) is 0 Å². The van der Waals surface area contributed by atoms with Gasteiger partial charge in [-0.1, -0.05) is 27.2 Å². The number of hydrogen-bond donors (Lipinski definition) is 2. The summed E-state index contributed by atoms with van der Waals surface area (Å²) in [5.74, 6) is 0.352. The van der Waals surface area contributed by atoms with Crippen molar-refractivity contribution in [1.82, 2.24) is 4.72 Å². The van der Waals surface area contributed by atoms with Crippen LogP contribution in [0.4, 0.5) is 0 Å². The van der Waals surface area contributed by atoms with Gasteiger partial charge in [0.2, 0.25) is 10.0 Å². The summed E-state index contributed by atoms with van der Waals surface area (Å²) >= 11 is 0. The van der Waals surface area contributed by atoms with Gasteiger partial charge in [0.05, 0.1) is 11.9 Å². The molecule has 0 aromatic rings. The van der Waals surface area contributed by atoms with Gasteiger partial charge in [0, 0.05) is 6.54 Å². The lowest BCUT2D eigenvalue weighted by atomic mass is 10.2. The van der Waals surface area contributed by atoms with Gasteiger partial charge < -0.3 is 5.11 Å². The normalized spacial score (nSPS) is 16.3. The van der Waals surface area contributed by atoms with E-state index in [1.165, 1.54) is 0 Å². The smallest absolute Gasteiger partial charge is 0.211 e. The molecule has 0 aliphatic carbocycles. The molecular formula is C10H23NO3S. The first kappa shape index (κ1) is 14.9. The van der Waals surface area contributed by atoms with Crippen LogP contribution in [0.5, 0.6) is 0 Å². The number of aliphatic hydroxyl groups is 1. The third-order valence-corrected chi connectivity index (χ3v) is 4.12. The second-order valence-corrected chi connectivity index (χ2v) is 5.89. The highest BCUT2D eigenvalue weighted by molar-refractivity contribution is 7.89. The van der Waals surface area contributed by atoms with Crippen LogP contribution in [-0.4, -0.2) is 31.9 Å². The van der Waals surface area contributed by atoms with Crippen molar-refractivity contribution in [3.05, 3.63) is 0 Å².